The van der Waals surface area contributed by atoms with Crippen LogP contribution < -0.4 is 15.2 Å². The molecule has 2 rings (SSSR count). The Morgan fingerprint density at radius 2 is 1.97 bits per heavy atom. The molecule has 3 atom stereocenters. The van der Waals surface area contributed by atoms with Gasteiger partial charge in [-0.3, -0.25) is 0 Å². The largest absolute Gasteiger partial charge is 0.493 e. The number of ether oxygens (including phenoxy) is 1. The van der Waals surface area contributed by atoms with E-state index in [0.29, 0.717) is 17.8 Å². The zero-order valence-electron chi connectivity index (χ0n) is 23.0. The van der Waals surface area contributed by atoms with E-state index < -0.39 is 0 Å². The van der Waals surface area contributed by atoms with E-state index >= 15 is 0 Å². The van der Waals surface area contributed by atoms with Crippen LogP contribution in [0.15, 0.2) is 59.7 Å². The second-order valence-electron chi connectivity index (χ2n) is 10.2. The van der Waals surface area contributed by atoms with Crippen molar-refractivity contribution < 1.29 is 4.74 Å². The van der Waals surface area contributed by atoms with Crippen molar-refractivity contribution >= 4 is 12.2 Å². The summed E-state index contributed by atoms with van der Waals surface area (Å²) < 4.78 is 6.32. The Labute approximate surface area is 209 Å². The van der Waals surface area contributed by atoms with Crippen LogP contribution >= 0.6 is 0 Å². The van der Waals surface area contributed by atoms with Gasteiger partial charge in [0.15, 0.2) is 0 Å². The van der Waals surface area contributed by atoms with E-state index in [4.69, 9.17) is 4.74 Å². The van der Waals surface area contributed by atoms with Gasteiger partial charge >= 0.3 is 0 Å². The highest BCUT2D eigenvalue weighted by Gasteiger charge is 2.21. The topological polar surface area (TPSA) is 9.23 Å². The third-order valence-electron chi connectivity index (χ3n) is 7.64. The number of rotatable bonds is 12. The molecule has 3 unspecified atom stereocenters. The summed E-state index contributed by atoms with van der Waals surface area (Å²) in [6.45, 7) is 25.3. The molecule has 0 saturated carbocycles. The fourth-order valence-corrected chi connectivity index (χ4v) is 5.06. The zero-order valence-corrected chi connectivity index (χ0v) is 23.0. The van der Waals surface area contributed by atoms with E-state index in [1.54, 1.807) is 0 Å². The van der Waals surface area contributed by atoms with Crippen LogP contribution in [0.2, 0.25) is 0 Å². The highest BCUT2D eigenvalue weighted by molar-refractivity contribution is 5.64. The van der Waals surface area contributed by atoms with Crippen LogP contribution in [0.4, 0.5) is 0 Å². The number of benzene rings is 1. The minimum Gasteiger partial charge on any atom is -0.493 e. The monoisotopic (exact) mass is 460 g/mol. The van der Waals surface area contributed by atoms with Gasteiger partial charge in [0.05, 0.1) is 6.61 Å². The van der Waals surface area contributed by atoms with E-state index in [2.05, 4.69) is 98.1 Å². The van der Waals surface area contributed by atoms with Gasteiger partial charge in [-0.05, 0) is 87.6 Å². The van der Waals surface area contributed by atoms with Gasteiger partial charge in [0.2, 0.25) is 0 Å². The molecular weight excluding hydrogens is 412 g/mol. The lowest BCUT2D eigenvalue weighted by Crippen LogP contribution is -2.30. The van der Waals surface area contributed by atoms with E-state index in [9.17, 15) is 0 Å². The molecule has 0 spiro atoms. The molecule has 0 aliphatic heterocycles. The van der Waals surface area contributed by atoms with E-state index in [0.717, 1.165) is 55.3 Å². The van der Waals surface area contributed by atoms with Gasteiger partial charge in [0.1, 0.15) is 5.75 Å². The van der Waals surface area contributed by atoms with E-state index in [-0.39, 0.29) is 0 Å². The number of hydrogen-bond donors (Lipinski definition) is 0. The van der Waals surface area contributed by atoms with Gasteiger partial charge in [-0.15, -0.1) is 0 Å². The van der Waals surface area contributed by atoms with Crippen LogP contribution in [0.5, 0.6) is 5.75 Å². The number of allylic oxidation sites excluding steroid dienone is 7. The number of unbranched alkanes of at least 4 members (excludes halogenated alkanes) is 1. The van der Waals surface area contributed by atoms with Crippen molar-refractivity contribution in [1.82, 2.24) is 0 Å². The van der Waals surface area contributed by atoms with Gasteiger partial charge < -0.3 is 4.74 Å². The lowest BCUT2D eigenvalue weighted by atomic mass is 9.80. The number of hydrogen-bond acceptors (Lipinski definition) is 1. The molecule has 0 aromatic heterocycles. The maximum absolute atomic E-state index is 6.32. The first-order valence-electron chi connectivity index (χ1n) is 13.3. The molecule has 0 saturated heterocycles. The fourth-order valence-electron chi connectivity index (χ4n) is 5.06. The van der Waals surface area contributed by atoms with Crippen LogP contribution in [0.25, 0.3) is 12.2 Å². The summed E-state index contributed by atoms with van der Waals surface area (Å²) in [5, 5.41) is 2.24. The van der Waals surface area contributed by atoms with Gasteiger partial charge in [0, 0.05) is 11.1 Å². The molecule has 0 radical (unpaired) electrons. The lowest BCUT2D eigenvalue weighted by Gasteiger charge is -2.25. The Morgan fingerprint density at radius 1 is 1.24 bits per heavy atom. The molecule has 1 aliphatic carbocycles. The van der Waals surface area contributed by atoms with Crippen molar-refractivity contribution in [3.63, 3.8) is 0 Å². The van der Waals surface area contributed by atoms with Crippen LogP contribution in [0.1, 0.15) is 98.5 Å². The second-order valence-corrected chi connectivity index (χ2v) is 10.2. The van der Waals surface area contributed by atoms with E-state index in [1.807, 2.05) is 0 Å². The Balaban J connectivity index is 2.65. The third-order valence-corrected chi connectivity index (χ3v) is 7.64. The standard InChI is InChI=1S/C33H48O/c1-10-13-17-28(12-3)25(7)20-31(23(4)5)32-21-29(30-18-15-16-24(6)26(30)8)22-33(27(32)9)34-19-14-11-2/h10,13,15-16,21-22,25,28,30H,4,9,11-12,14,17-20H2,1-3,5-8H3. The molecule has 0 fully saturated rings. The van der Waals surface area contributed by atoms with Gasteiger partial charge in [-0.1, -0.05) is 93.9 Å². The van der Waals surface area contributed by atoms with Crippen LogP contribution in [-0.4, -0.2) is 6.61 Å². The van der Waals surface area contributed by atoms with Gasteiger partial charge in [-0.25, -0.2) is 0 Å². The maximum atomic E-state index is 6.32. The fraction of sp³-hybridized carbons (Fsp3) is 0.515. The molecule has 1 nitrogen and oxygen atoms in total. The average Bonchev–Trinajstić information content (AvgIpc) is 2.81. The minimum absolute atomic E-state index is 0.389. The molecule has 1 aromatic rings. The summed E-state index contributed by atoms with van der Waals surface area (Å²) >= 11 is 0. The summed E-state index contributed by atoms with van der Waals surface area (Å²) in [7, 11) is 0. The van der Waals surface area contributed by atoms with E-state index in [1.165, 1.54) is 33.9 Å². The summed E-state index contributed by atoms with van der Waals surface area (Å²) in [5.74, 6) is 2.56. The van der Waals surface area contributed by atoms with Crippen LogP contribution in [0, 0.1) is 11.8 Å². The zero-order chi connectivity index (χ0) is 25.3. The molecule has 1 heteroatoms. The molecular formula is C33H48O. The van der Waals surface area contributed by atoms with Crippen molar-refractivity contribution in [2.45, 2.75) is 92.9 Å². The molecule has 0 bridgehead atoms. The summed E-state index contributed by atoms with van der Waals surface area (Å²) in [5.41, 5.74) is 6.64. The molecule has 1 aliphatic rings. The van der Waals surface area contributed by atoms with Crippen molar-refractivity contribution in [3.05, 3.63) is 75.7 Å². The average molecular weight is 461 g/mol. The van der Waals surface area contributed by atoms with Gasteiger partial charge in [0.25, 0.3) is 0 Å². The van der Waals surface area contributed by atoms with Crippen molar-refractivity contribution in [1.29, 1.82) is 0 Å². The first kappa shape index (κ1) is 28.0. The molecule has 34 heavy (non-hydrogen) atoms. The van der Waals surface area contributed by atoms with Crippen molar-refractivity contribution in [2.24, 2.45) is 11.8 Å². The predicted octanol–water partition coefficient (Wildman–Crippen LogP) is 8.40. The second kappa shape index (κ2) is 13.6. The third kappa shape index (κ3) is 7.11. The first-order valence-corrected chi connectivity index (χ1v) is 13.3. The lowest BCUT2D eigenvalue weighted by molar-refractivity contribution is 0.306. The molecule has 1 aromatic carbocycles. The van der Waals surface area contributed by atoms with Crippen molar-refractivity contribution in [3.8, 4) is 5.75 Å². The Hall–Kier alpha value is -2.28. The normalized spacial score (nSPS) is 18.9. The molecule has 0 heterocycles. The molecule has 0 N–H and O–H groups in total. The quantitative estimate of drug-likeness (QED) is 0.225. The molecule has 186 valence electrons. The Bertz CT molecular complexity index is 1030. The van der Waals surface area contributed by atoms with Crippen LogP contribution in [0.3, 0.4) is 0 Å². The van der Waals surface area contributed by atoms with Gasteiger partial charge in [-0.2, -0.15) is 0 Å². The highest BCUT2D eigenvalue weighted by atomic mass is 16.5. The smallest absolute Gasteiger partial charge is 0.126 e. The minimum atomic E-state index is 0.389. The highest BCUT2D eigenvalue weighted by Crippen LogP contribution is 2.34. The summed E-state index contributed by atoms with van der Waals surface area (Å²) in [6.07, 6.45) is 15.6. The maximum Gasteiger partial charge on any atom is 0.126 e. The predicted molar refractivity (Wildman–Crippen MR) is 152 cm³/mol. The SMILES string of the molecule is C=C(C)C(CC(C)C(CC)CC=CC)=c1cc(C2CC=CC(C)=C2C)cc(OCCCC)c1=C. The molecule has 0 amide bonds. The Kier molecular flexibility index (Phi) is 11.2. The summed E-state index contributed by atoms with van der Waals surface area (Å²) in [4.78, 5) is 0. The van der Waals surface area contributed by atoms with Crippen LogP contribution in [-0.2, 0) is 0 Å². The Morgan fingerprint density at radius 3 is 2.59 bits per heavy atom. The first-order chi connectivity index (χ1) is 16.2. The summed E-state index contributed by atoms with van der Waals surface area (Å²) in [6, 6.07) is 4.64. The van der Waals surface area contributed by atoms with Crippen molar-refractivity contribution in [2.75, 3.05) is 6.61 Å².